The van der Waals surface area contributed by atoms with E-state index in [1.54, 1.807) is 18.2 Å². The number of carbonyl (C=O) groups excluding carboxylic acids is 2. The highest BCUT2D eigenvalue weighted by atomic mass is 35.5. The van der Waals surface area contributed by atoms with E-state index in [1.165, 1.54) is 11.6 Å². The van der Waals surface area contributed by atoms with Gasteiger partial charge in [0.05, 0.1) is 12.1 Å². The molecule has 9 heteroatoms. The monoisotopic (exact) mass is 647 g/mol. The SMILES string of the molecule is CCN(CC)CC(c1ccccc1F)N1CCN(C(=O)C(Cc2ccc(Cl)cc2)NC(=O)C2Cc3ccccc3C(C)(C)N2)CC1. The van der Waals surface area contributed by atoms with Gasteiger partial charge < -0.3 is 15.1 Å². The molecule has 3 aromatic carbocycles. The Hall–Kier alpha value is -3.30. The summed E-state index contributed by atoms with van der Waals surface area (Å²) in [6.45, 7) is 13.1. The van der Waals surface area contributed by atoms with Crippen LogP contribution in [0, 0.1) is 5.82 Å². The molecule has 3 aromatic rings. The first kappa shape index (κ1) is 34.0. The first-order valence-corrected chi connectivity index (χ1v) is 16.9. The first-order valence-electron chi connectivity index (χ1n) is 16.5. The first-order chi connectivity index (χ1) is 22.1. The number of halogens is 2. The summed E-state index contributed by atoms with van der Waals surface area (Å²) >= 11 is 6.15. The number of benzene rings is 3. The molecule has 2 heterocycles. The lowest BCUT2D eigenvalue weighted by atomic mass is 9.82. The van der Waals surface area contributed by atoms with E-state index in [2.05, 4.69) is 60.3 Å². The third kappa shape index (κ3) is 7.97. The molecule has 1 saturated heterocycles. The van der Waals surface area contributed by atoms with Crippen molar-refractivity contribution in [2.45, 2.75) is 64.2 Å². The summed E-state index contributed by atoms with van der Waals surface area (Å²) in [6.07, 6.45) is 0.907. The van der Waals surface area contributed by atoms with Crippen LogP contribution in [-0.4, -0.2) is 84.4 Å². The predicted molar refractivity (Wildman–Crippen MR) is 182 cm³/mol. The Kier molecular flexibility index (Phi) is 11.2. The second kappa shape index (κ2) is 15.1. The lowest BCUT2D eigenvalue weighted by Crippen LogP contribution is -2.60. The summed E-state index contributed by atoms with van der Waals surface area (Å²) < 4.78 is 15.0. The third-order valence-corrected chi connectivity index (χ3v) is 9.84. The molecule has 2 aliphatic rings. The van der Waals surface area contributed by atoms with Gasteiger partial charge in [0.25, 0.3) is 0 Å². The van der Waals surface area contributed by atoms with Crippen molar-refractivity contribution in [3.05, 3.63) is 106 Å². The molecule has 2 aliphatic heterocycles. The van der Waals surface area contributed by atoms with Gasteiger partial charge in [0, 0.05) is 55.3 Å². The van der Waals surface area contributed by atoms with Crippen molar-refractivity contribution in [3.63, 3.8) is 0 Å². The van der Waals surface area contributed by atoms with E-state index in [1.807, 2.05) is 41.3 Å². The highest BCUT2D eigenvalue weighted by Crippen LogP contribution is 2.30. The second-order valence-corrected chi connectivity index (χ2v) is 13.4. The Morgan fingerprint density at radius 3 is 2.30 bits per heavy atom. The zero-order valence-corrected chi connectivity index (χ0v) is 28.2. The van der Waals surface area contributed by atoms with E-state index in [4.69, 9.17) is 11.6 Å². The molecule has 1 fully saturated rings. The minimum atomic E-state index is -0.736. The van der Waals surface area contributed by atoms with E-state index >= 15 is 4.39 Å². The van der Waals surface area contributed by atoms with Crippen LogP contribution in [0.3, 0.4) is 0 Å². The molecule has 0 radical (unpaired) electrons. The molecule has 2 amide bonds. The van der Waals surface area contributed by atoms with Crippen molar-refractivity contribution in [1.82, 2.24) is 25.3 Å². The van der Waals surface area contributed by atoms with Crippen LogP contribution in [0.25, 0.3) is 0 Å². The molecular weight excluding hydrogens is 601 g/mol. The highest BCUT2D eigenvalue weighted by molar-refractivity contribution is 6.30. The molecule has 3 atom stereocenters. The predicted octanol–water partition coefficient (Wildman–Crippen LogP) is 5.18. The van der Waals surface area contributed by atoms with Crippen molar-refractivity contribution in [2.24, 2.45) is 0 Å². The highest BCUT2D eigenvalue weighted by Gasteiger charge is 2.38. The summed E-state index contributed by atoms with van der Waals surface area (Å²) in [5.74, 6) is -0.497. The number of nitrogens with zero attached hydrogens (tertiary/aromatic N) is 3. The smallest absolute Gasteiger partial charge is 0.245 e. The van der Waals surface area contributed by atoms with E-state index in [0.717, 1.165) is 24.2 Å². The fourth-order valence-corrected chi connectivity index (χ4v) is 7.06. The average Bonchev–Trinajstić information content (AvgIpc) is 3.06. The van der Waals surface area contributed by atoms with E-state index in [0.29, 0.717) is 56.2 Å². The topological polar surface area (TPSA) is 67.9 Å². The number of hydrogen-bond donors (Lipinski definition) is 2. The number of hydrogen-bond acceptors (Lipinski definition) is 5. The molecule has 0 saturated carbocycles. The number of rotatable bonds is 11. The zero-order chi connectivity index (χ0) is 32.8. The summed E-state index contributed by atoms with van der Waals surface area (Å²) in [5.41, 5.74) is 3.54. The summed E-state index contributed by atoms with van der Waals surface area (Å²) in [7, 11) is 0. The van der Waals surface area contributed by atoms with Gasteiger partial charge >= 0.3 is 0 Å². The largest absolute Gasteiger partial charge is 0.343 e. The molecule has 246 valence electrons. The van der Waals surface area contributed by atoms with Crippen LogP contribution in [0.15, 0.2) is 72.8 Å². The van der Waals surface area contributed by atoms with E-state index < -0.39 is 12.1 Å². The number of nitrogens with one attached hydrogen (secondary N) is 2. The van der Waals surface area contributed by atoms with Crippen LogP contribution < -0.4 is 10.6 Å². The fraction of sp³-hybridized carbons (Fsp3) is 0.459. The van der Waals surface area contributed by atoms with Crippen LogP contribution in [0.5, 0.6) is 0 Å². The minimum Gasteiger partial charge on any atom is -0.343 e. The minimum absolute atomic E-state index is 0.107. The summed E-state index contributed by atoms with van der Waals surface area (Å²) in [5, 5.41) is 7.26. The Bertz CT molecular complexity index is 1490. The van der Waals surface area contributed by atoms with Crippen molar-refractivity contribution in [1.29, 1.82) is 0 Å². The fourth-order valence-electron chi connectivity index (χ4n) is 6.94. The number of fused-ring (bicyclic) bond motifs is 1. The maximum absolute atomic E-state index is 15.0. The Balaban J connectivity index is 1.31. The summed E-state index contributed by atoms with van der Waals surface area (Å²) in [6, 6.07) is 21.3. The molecule has 0 bridgehead atoms. The van der Waals surface area contributed by atoms with Gasteiger partial charge in [0.15, 0.2) is 0 Å². The van der Waals surface area contributed by atoms with Gasteiger partial charge in [-0.25, -0.2) is 4.39 Å². The van der Waals surface area contributed by atoms with Crippen LogP contribution >= 0.6 is 11.6 Å². The van der Waals surface area contributed by atoms with Gasteiger partial charge in [0.1, 0.15) is 11.9 Å². The maximum atomic E-state index is 15.0. The number of piperazine rings is 1. The Morgan fingerprint density at radius 1 is 0.978 bits per heavy atom. The molecule has 0 aromatic heterocycles. The van der Waals surface area contributed by atoms with Gasteiger partial charge in [0.2, 0.25) is 11.8 Å². The van der Waals surface area contributed by atoms with Gasteiger partial charge in [-0.2, -0.15) is 0 Å². The van der Waals surface area contributed by atoms with Crippen LogP contribution in [0.4, 0.5) is 4.39 Å². The number of likely N-dealkylation sites (N-methyl/N-ethyl adjacent to an activating group) is 1. The molecule has 0 spiro atoms. The lowest BCUT2D eigenvalue weighted by molar-refractivity contribution is -0.138. The van der Waals surface area contributed by atoms with Crippen molar-refractivity contribution in [2.75, 3.05) is 45.8 Å². The maximum Gasteiger partial charge on any atom is 0.245 e. The quantitative estimate of drug-likeness (QED) is 0.300. The lowest BCUT2D eigenvalue weighted by Gasteiger charge is -2.42. The standard InChI is InChI=1S/C37H47ClFN5O2/c1-5-42(6-2)25-34(29-12-8-10-14-31(29)39)43-19-21-44(22-20-43)36(46)33(23-26-15-17-28(38)18-16-26)40-35(45)32-24-27-11-7-9-13-30(27)37(3,4)41-32/h7-18,32-34,41H,5-6,19-25H2,1-4H3,(H,40,45). The van der Waals surface area contributed by atoms with E-state index in [-0.39, 0.29) is 29.2 Å². The third-order valence-electron chi connectivity index (χ3n) is 9.59. The summed E-state index contributed by atoms with van der Waals surface area (Å²) in [4.78, 5) is 34.4. The Morgan fingerprint density at radius 2 is 1.63 bits per heavy atom. The van der Waals surface area contributed by atoms with Crippen LogP contribution in [0.2, 0.25) is 5.02 Å². The molecule has 2 N–H and O–H groups in total. The molecular formula is C37H47ClFN5O2. The molecule has 46 heavy (non-hydrogen) atoms. The van der Waals surface area contributed by atoms with Gasteiger partial charge in [-0.05, 0) is 68.2 Å². The van der Waals surface area contributed by atoms with Crippen molar-refractivity contribution >= 4 is 23.4 Å². The average molecular weight is 648 g/mol. The molecule has 0 aliphatic carbocycles. The normalized spacial score (nSPS) is 19.4. The Labute approximate surface area is 278 Å². The van der Waals surface area contributed by atoms with Gasteiger partial charge in [-0.1, -0.05) is 80.0 Å². The molecule has 5 rings (SSSR count). The number of carbonyl (C=O) groups is 2. The van der Waals surface area contributed by atoms with E-state index in [9.17, 15) is 9.59 Å². The number of amides is 2. The second-order valence-electron chi connectivity index (χ2n) is 13.0. The van der Waals surface area contributed by atoms with Crippen molar-refractivity contribution < 1.29 is 14.0 Å². The zero-order valence-electron chi connectivity index (χ0n) is 27.4. The van der Waals surface area contributed by atoms with Crippen LogP contribution in [-0.2, 0) is 28.0 Å². The van der Waals surface area contributed by atoms with Gasteiger partial charge in [-0.15, -0.1) is 0 Å². The van der Waals surface area contributed by atoms with Gasteiger partial charge in [-0.3, -0.25) is 19.8 Å². The molecule has 3 unspecified atom stereocenters. The van der Waals surface area contributed by atoms with Crippen molar-refractivity contribution in [3.8, 4) is 0 Å². The molecule has 7 nitrogen and oxygen atoms in total. The van der Waals surface area contributed by atoms with Crippen LogP contribution in [0.1, 0.15) is 56.0 Å².